The maximum Gasteiger partial charge on any atom is 0.0213 e. The Morgan fingerprint density at radius 3 is 2.36 bits per heavy atom. The molecule has 1 aromatic carbocycles. The third kappa shape index (κ3) is 2.82. The summed E-state index contributed by atoms with van der Waals surface area (Å²) in [6, 6.07) is 6.78. The second-order valence-corrected chi connectivity index (χ2v) is 3.89. The summed E-state index contributed by atoms with van der Waals surface area (Å²) in [6.45, 7) is 8.00. The van der Waals surface area contributed by atoms with Gasteiger partial charge in [0.25, 0.3) is 0 Å². The molecule has 0 saturated heterocycles. The molecular weight excluding hydrogens is 172 g/mol. The van der Waals surface area contributed by atoms with Gasteiger partial charge in [-0.1, -0.05) is 18.2 Å². The molecule has 0 aromatic heterocycles. The second kappa shape index (κ2) is 5.13. The molecule has 0 aliphatic heterocycles. The van der Waals surface area contributed by atoms with E-state index in [1.54, 1.807) is 0 Å². The zero-order valence-electron chi connectivity index (χ0n) is 9.30. The van der Waals surface area contributed by atoms with Gasteiger partial charge in [-0.25, -0.2) is 0 Å². The zero-order chi connectivity index (χ0) is 10.6. The molecule has 0 heterocycles. The van der Waals surface area contributed by atoms with Gasteiger partial charge in [0.1, 0.15) is 0 Å². The highest BCUT2D eigenvalue weighted by molar-refractivity contribution is 5.33. The standard InChI is InChI=1S/C12H20N2/c1-9-5-4-6-10(2)12(9)8-14-11(3)7-13/h4-6,11,14H,7-8,13H2,1-3H3. The molecule has 14 heavy (non-hydrogen) atoms. The number of nitrogens with one attached hydrogen (secondary N) is 1. The molecule has 0 aliphatic rings. The van der Waals surface area contributed by atoms with Gasteiger partial charge >= 0.3 is 0 Å². The lowest BCUT2D eigenvalue weighted by Crippen LogP contribution is -2.33. The molecule has 0 amide bonds. The van der Waals surface area contributed by atoms with Gasteiger partial charge in [-0.3, -0.25) is 0 Å². The molecule has 0 fully saturated rings. The highest BCUT2D eigenvalue weighted by atomic mass is 14.9. The van der Waals surface area contributed by atoms with Gasteiger partial charge < -0.3 is 11.1 Å². The van der Waals surface area contributed by atoms with E-state index in [4.69, 9.17) is 5.73 Å². The van der Waals surface area contributed by atoms with Crippen LogP contribution in [0.3, 0.4) is 0 Å². The van der Waals surface area contributed by atoms with E-state index >= 15 is 0 Å². The summed E-state index contributed by atoms with van der Waals surface area (Å²) in [7, 11) is 0. The van der Waals surface area contributed by atoms with Crippen molar-refractivity contribution in [2.45, 2.75) is 33.4 Å². The Morgan fingerprint density at radius 1 is 1.29 bits per heavy atom. The van der Waals surface area contributed by atoms with Crippen molar-refractivity contribution in [3.63, 3.8) is 0 Å². The highest BCUT2D eigenvalue weighted by Gasteiger charge is 2.03. The van der Waals surface area contributed by atoms with E-state index in [1.165, 1.54) is 16.7 Å². The molecule has 0 spiro atoms. The molecule has 1 rings (SSSR count). The third-order valence-corrected chi connectivity index (χ3v) is 2.63. The maximum atomic E-state index is 5.55. The first-order chi connectivity index (χ1) is 6.65. The van der Waals surface area contributed by atoms with Crippen LogP contribution in [0.25, 0.3) is 0 Å². The Hall–Kier alpha value is -0.860. The van der Waals surface area contributed by atoms with E-state index in [0.717, 1.165) is 6.54 Å². The molecule has 0 bridgehead atoms. The lowest BCUT2D eigenvalue weighted by molar-refractivity contribution is 0.554. The van der Waals surface area contributed by atoms with Crippen molar-refractivity contribution < 1.29 is 0 Å². The number of nitrogens with two attached hydrogens (primary N) is 1. The Balaban J connectivity index is 2.66. The molecule has 1 aromatic rings. The normalized spacial score (nSPS) is 12.9. The fourth-order valence-electron chi connectivity index (χ4n) is 1.49. The quantitative estimate of drug-likeness (QED) is 0.762. The lowest BCUT2D eigenvalue weighted by atomic mass is 10.0. The van der Waals surface area contributed by atoms with Crippen molar-refractivity contribution in [2.24, 2.45) is 5.73 Å². The summed E-state index contributed by atoms with van der Waals surface area (Å²) in [6.07, 6.45) is 0. The van der Waals surface area contributed by atoms with Crippen LogP contribution < -0.4 is 11.1 Å². The first-order valence-corrected chi connectivity index (χ1v) is 5.13. The van der Waals surface area contributed by atoms with E-state index < -0.39 is 0 Å². The summed E-state index contributed by atoms with van der Waals surface area (Å²) in [5.74, 6) is 0. The van der Waals surface area contributed by atoms with Crippen LogP contribution in [0.5, 0.6) is 0 Å². The van der Waals surface area contributed by atoms with Crippen molar-refractivity contribution in [1.82, 2.24) is 5.32 Å². The van der Waals surface area contributed by atoms with Crippen molar-refractivity contribution >= 4 is 0 Å². The predicted molar refractivity (Wildman–Crippen MR) is 61.3 cm³/mol. The zero-order valence-corrected chi connectivity index (χ0v) is 9.30. The van der Waals surface area contributed by atoms with Gasteiger partial charge in [-0.2, -0.15) is 0 Å². The molecule has 2 nitrogen and oxygen atoms in total. The SMILES string of the molecule is Cc1cccc(C)c1CNC(C)CN. The Labute approximate surface area is 86.5 Å². The van der Waals surface area contributed by atoms with Crippen LogP contribution in [0.15, 0.2) is 18.2 Å². The van der Waals surface area contributed by atoms with Crippen LogP contribution >= 0.6 is 0 Å². The molecule has 1 unspecified atom stereocenters. The summed E-state index contributed by atoms with van der Waals surface area (Å²) in [5, 5.41) is 3.41. The molecule has 0 saturated carbocycles. The van der Waals surface area contributed by atoms with Crippen molar-refractivity contribution in [2.75, 3.05) is 6.54 Å². The minimum atomic E-state index is 0.383. The van der Waals surface area contributed by atoms with E-state index in [9.17, 15) is 0 Å². The molecule has 1 atom stereocenters. The van der Waals surface area contributed by atoms with Crippen molar-refractivity contribution in [3.8, 4) is 0 Å². The number of rotatable bonds is 4. The average molecular weight is 192 g/mol. The minimum absolute atomic E-state index is 0.383. The summed E-state index contributed by atoms with van der Waals surface area (Å²) in [4.78, 5) is 0. The van der Waals surface area contributed by atoms with E-state index in [2.05, 4.69) is 44.3 Å². The second-order valence-electron chi connectivity index (χ2n) is 3.89. The molecule has 0 aliphatic carbocycles. The topological polar surface area (TPSA) is 38.0 Å². The van der Waals surface area contributed by atoms with Gasteiger partial charge in [-0.05, 0) is 37.5 Å². The summed E-state index contributed by atoms with van der Waals surface area (Å²) >= 11 is 0. The Morgan fingerprint density at radius 2 is 1.86 bits per heavy atom. The van der Waals surface area contributed by atoms with Crippen molar-refractivity contribution in [1.29, 1.82) is 0 Å². The fraction of sp³-hybridized carbons (Fsp3) is 0.500. The van der Waals surface area contributed by atoms with E-state index in [0.29, 0.717) is 12.6 Å². The first kappa shape index (κ1) is 11.2. The van der Waals surface area contributed by atoms with Crippen LogP contribution in [0.4, 0.5) is 0 Å². The molecule has 0 radical (unpaired) electrons. The Bertz CT molecular complexity index is 274. The smallest absolute Gasteiger partial charge is 0.0213 e. The largest absolute Gasteiger partial charge is 0.329 e. The third-order valence-electron chi connectivity index (χ3n) is 2.63. The van der Waals surface area contributed by atoms with E-state index in [1.807, 2.05) is 0 Å². The van der Waals surface area contributed by atoms with E-state index in [-0.39, 0.29) is 0 Å². The monoisotopic (exact) mass is 192 g/mol. The van der Waals surface area contributed by atoms with Gasteiger partial charge in [0.05, 0.1) is 0 Å². The van der Waals surface area contributed by atoms with Gasteiger partial charge in [0, 0.05) is 19.1 Å². The lowest BCUT2D eigenvalue weighted by Gasteiger charge is -2.14. The molecular formula is C12H20N2. The van der Waals surface area contributed by atoms with Gasteiger partial charge in [0.15, 0.2) is 0 Å². The van der Waals surface area contributed by atoms with Crippen LogP contribution in [0, 0.1) is 13.8 Å². The van der Waals surface area contributed by atoms with Gasteiger partial charge in [-0.15, -0.1) is 0 Å². The summed E-state index contributed by atoms with van der Waals surface area (Å²) in [5.41, 5.74) is 9.64. The first-order valence-electron chi connectivity index (χ1n) is 5.13. The fourth-order valence-corrected chi connectivity index (χ4v) is 1.49. The number of hydrogen-bond acceptors (Lipinski definition) is 2. The number of benzene rings is 1. The summed E-state index contributed by atoms with van der Waals surface area (Å²) < 4.78 is 0. The van der Waals surface area contributed by atoms with Crippen LogP contribution in [0.2, 0.25) is 0 Å². The molecule has 78 valence electrons. The van der Waals surface area contributed by atoms with Crippen molar-refractivity contribution in [3.05, 3.63) is 34.9 Å². The number of aryl methyl sites for hydroxylation is 2. The van der Waals surface area contributed by atoms with Gasteiger partial charge in [0.2, 0.25) is 0 Å². The number of hydrogen-bond donors (Lipinski definition) is 2. The van der Waals surface area contributed by atoms with Crippen LogP contribution in [-0.2, 0) is 6.54 Å². The highest BCUT2D eigenvalue weighted by Crippen LogP contribution is 2.12. The molecule has 3 N–H and O–H groups in total. The maximum absolute atomic E-state index is 5.55. The van der Waals surface area contributed by atoms with Crippen LogP contribution in [-0.4, -0.2) is 12.6 Å². The van der Waals surface area contributed by atoms with Crippen LogP contribution in [0.1, 0.15) is 23.6 Å². The average Bonchev–Trinajstić information content (AvgIpc) is 2.16. The molecule has 2 heteroatoms. The Kier molecular flexibility index (Phi) is 4.11. The minimum Gasteiger partial charge on any atom is -0.329 e. The predicted octanol–water partition coefficient (Wildman–Crippen LogP) is 1.74.